The zero-order valence-electron chi connectivity index (χ0n) is 9.31. The Kier molecular flexibility index (Phi) is 3.66. The predicted octanol–water partition coefficient (Wildman–Crippen LogP) is 3.59. The Morgan fingerprint density at radius 1 is 1.33 bits per heavy atom. The molecular formula is C12H16F2O. The molecule has 0 fully saturated rings. The summed E-state index contributed by atoms with van der Waals surface area (Å²) in [6.45, 7) is 4.19. The van der Waals surface area contributed by atoms with Gasteiger partial charge in [0, 0.05) is 6.92 Å². The maximum absolute atomic E-state index is 12.6. The zero-order chi connectivity index (χ0) is 11.5. The lowest BCUT2D eigenvalue weighted by molar-refractivity contribution is -0.0231. The number of rotatable bonds is 4. The van der Waals surface area contributed by atoms with Crippen molar-refractivity contribution >= 4 is 0 Å². The third-order valence-corrected chi connectivity index (χ3v) is 2.13. The van der Waals surface area contributed by atoms with Crippen LogP contribution in [0.5, 0.6) is 5.75 Å². The van der Waals surface area contributed by atoms with Gasteiger partial charge in [-0.15, -0.1) is 0 Å². The molecule has 0 spiro atoms. The Morgan fingerprint density at radius 3 is 2.47 bits per heavy atom. The van der Waals surface area contributed by atoms with Crippen molar-refractivity contribution in [1.82, 2.24) is 0 Å². The fraction of sp³-hybridized carbons (Fsp3) is 0.500. The van der Waals surface area contributed by atoms with Crippen LogP contribution in [0.1, 0.15) is 25.0 Å². The third kappa shape index (κ3) is 3.86. The van der Waals surface area contributed by atoms with E-state index in [1.54, 1.807) is 6.07 Å². The second kappa shape index (κ2) is 4.60. The standard InChI is InChI=1S/C12H16F2O/c1-4-10-5-6-11(9(2)7-10)15-8-12(3,13)14/h5-7H,4,8H2,1-3H3. The molecule has 0 aliphatic rings. The quantitative estimate of drug-likeness (QED) is 0.744. The van der Waals surface area contributed by atoms with Gasteiger partial charge in [-0.3, -0.25) is 0 Å². The average molecular weight is 214 g/mol. The maximum Gasteiger partial charge on any atom is 0.278 e. The van der Waals surface area contributed by atoms with E-state index in [4.69, 9.17) is 4.74 Å². The zero-order valence-corrected chi connectivity index (χ0v) is 9.31. The molecule has 0 saturated carbocycles. The smallest absolute Gasteiger partial charge is 0.278 e. The molecule has 3 heteroatoms. The topological polar surface area (TPSA) is 9.23 Å². The van der Waals surface area contributed by atoms with Crippen molar-refractivity contribution in [3.8, 4) is 5.75 Å². The highest BCUT2D eigenvalue weighted by molar-refractivity contribution is 5.36. The molecule has 15 heavy (non-hydrogen) atoms. The summed E-state index contributed by atoms with van der Waals surface area (Å²) in [5.41, 5.74) is 2.08. The molecule has 1 nitrogen and oxygen atoms in total. The fourth-order valence-corrected chi connectivity index (χ4v) is 1.30. The van der Waals surface area contributed by atoms with E-state index in [1.807, 2.05) is 19.1 Å². The molecule has 84 valence electrons. The summed E-state index contributed by atoms with van der Waals surface area (Å²) in [5.74, 6) is -2.25. The lowest BCUT2D eigenvalue weighted by Crippen LogP contribution is -2.21. The van der Waals surface area contributed by atoms with E-state index >= 15 is 0 Å². The minimum atomic E-state index is -2.78. The van der Waals surface area contributed by atoms with Gasteiger partial charge >= 0.3 is 0 Å². The summed E-state index contributed by atoms with van der Waals surface area (Å²) in [4.78, 5) is 0. The van der Waals surface area contributed by atoms with Crippen LogP contribution >= 0.6 is 0 Å². The maximum atomic E-state index is 12.6. The van der Waals surface area contributed by atoms with E-state index in [2.05, 4.69) is 6.92 Å². The molecule has 0 unspecified atom stereocenters. The van der Waals surface area contributed by atoms with Crippen LogP contribution in [0.25, 0.3) is 0 Å². The molecule has 1 aromatic carbocycles. The van der Waals surface area contributed by atoms with Crippen LogP contribution in [0, 0.1) is 6.92 Å². The van der Waals surface area contributed by atoms with Crippen molar-refractivity contribution in [2.45, 2.75) is 33.1 Å². The number of halogens is 2. The molecule has 0 aliphatic carbocycles. The summed E-state index contributed by atoms with van der Waals surface area (Å²) >= 11 is 0. The molecule has 0 N–H and O–H groups in total. The highest BCUT2D eigenvalue weighted by atomic mass is 19.3. The van der Waals surface area contributed by atoms with Gasteiger partial charge in [0.05, 0.1) is 0 Å². The number of hydrogen-bond acceptors (Lipinski definition) is 1. The Hall–Kier alpha value is -1.12. The van der Waals surface area contributed by atoms with E-state index < -0.39 is 12.5 Å². The van der Waals surface area contributed by atoms with Crippen LogP contribution in [-0.2, 0) is 6.42 Å². The Morgan fingerprint density at radius 2 is 2.00 bits per heavy atom. The monoisotopic (exact) mass is 214 g/mol. The Bertz CT molecular complexity index is 329. The number of alkyl halides is 2. The van der Waals surface area contributed by atoms with E-state index in [-0.39, 0.29) is 0 Å². The summed E-state index contributed by atoms with van der Waals surface area (Å²) in [7, 11) is 0. The second-order valence-corrected chi connectivity index (χ2v) is 3.81. The van der Waals surface area contributed by atoms with Crippen LogP contribution in [0.4, 0.5) is 8.78 Å². The van der Waals surface area contributed by atoms with Crippen molar-refractivity contribution in [2.75, 3.05) is 6.61 Å². The molecule has 0 aromatic heterocycles. The Labute approximate surface area is 89.1 Å². The first-order valence-corrected chi connectivity index (χ1v) is 5.02. The number of benzene rings is 1. The first-order chi connectivity index (χ1) is 6.92. The van der Waals surface area contributed by atoms with Crippen molar-refractivity contribution in [1.29, 1.82) is 0 Å². The summed E-state index contributed by atoms with van der Waals surface area (Å²) in [5, 5.41) is 0. The molecule has 0 aliphatic heterocycles. The lowest BCUT2D eigenvalue weighted by Gasteiger charge is -2.14. The SMILES string of the molecule is CCc1ccc(OCC(C)(F)F)c(C)c1. The molecule has 0 radical (unpaired) electrons. The third-order valence-electron chi connectivity index (χ3n) is 2.13. The molecular weight excluding hydrogens is 198 g/mol. The number of ether oxygens (including phenoxy) is 1. The van der Waals surface area contributed by atoms with E-state index in [0.29, 0.717) is 5.75 Å². The van der Waals surface area contributed by atoms with Crippen molar-refractivity contribution < 1.29 is 13.5 Å². The van der Waals surface area contributed by atoms with Gasteiger partial charge in [0.2, 0.25) is 0 Å². The van der Waals surface area contributed by atoms with Gasteiger partial charge in [0.1, 0.15) is 5.75 Å². The van der Waals surface area contributed by atoms with E-state index in [9.17, 15) is 8.78 Å². The van der Waals surface area contributed by atoms with Crippen molar-refractivity contribution in [2.24, 2.45) is 0 Å². The normalized spacial score (nSPS) is 11.5. The van der Waals surface area contributed by atoms with E-state index in [0.717, 1.165) is 18.9 Å². The largest absolute Gasteiger partial charge is 0.487 e. The molecule has 1 aromatic rings. The highest BCUT2D eigenvalue weighted by Gasteiger charge is 2.22. The number of aryl methyl sites for hydroxylation is 2. The minimum absolute atomic E-state index is 0.536. The van der Waals surface area contributed by atoms with Crippen molar-refractivity contribution in [3.05, 3.63) is 29.3 Å². The van der Waals surface area contributed by atoms with Gasteiger partial charge in [0.25, 0.3) is 5.92 Å². The van der Waals surface area contributed by atoms with Crippen LogP contribution in [0.15, 0.2) is 18.2 Å². The summed E-state index contributed by atoms with van der Waals surface area (Å²) in [6, 6.07) is 5.61. The highest BCUT2D eigenvalue weighted by Crippen LogP contribution is 2.22. The van der Waals surface area contributed by atoms with Crippen LogP contribution in [0.3, 0.4) is 0 Å². The lowest BCUT2D eigenvalue weighted by atomic mass is 10.1. The molecule has 0 bridgehead atoms. The predicted molar refractivity (Wildman–Crippen MR) is 56.7 cm³/mol. The van der Waals surface area contributed by atoms with Gasteiger partial charge in [0.15, 0.2) is 6.61 Å². The fourth-order valence-electron chi connectivity index (χ4n) is 1.30. The van der Waals surface area contributed by atoms with Crippen LogP contribution in [0.2, 0.25) is 0 Å². The molecule has 0 heterocycles. The van der Waals surface area contributed by atoms with Crippen LogP contribution < -0.4 is 4.74 Å². The van der Waals surface area contributed by atoms with Crippen LogP contribution in [-0.4, -0.2) is 12.5 Å². The van der Waals surface area contributed by atoms with Gasteiger partial charge in [-0.2, -0.15) is 0 Å². The molecule has 0 atom stereocenters. The first-order valence-electron chi connectivity index (χ1n) is 5.02. The Balaban J connectivity index is 2.70. The molecule has 1 rings (SSSR count). The van der Waals surface area contributed by atoms with E-state index in [1.165, 1.54) is 5.56 Å². The second-order valence-electron chi connectivity index (χ2n) is 3.81. The summed E-state index contributed by atoms with van der Waals surface area (Å²) in [6.07, 6.45) is 0.936. The first kappa shape index (κ1) is 12.0. The average Bonchev–Trinajstić information content (AvgIpc) is 2.14. The van der Waals surface area contributed by atoms with Gasteiger partial charge < -0.3 is 4.74 Å². The summed E-state index contributed by atoms with van der Waals surface area (Å²) < 4.78 is 30.2. The van der Waals surface area contributed by atoms with Gasteiger partial charge in [-0.05, 0) is 30.5 Å². The van der Waals surface area contributed by atoms with Gasteiger partial charge in [-0.1, -0.05) is 19.1 Å². The minimum Gasteiger partial charge on any atom is -0.487 e. The van der Waals surface area contributed by atoms with Gasteiger partial charge in [-0.25, -0.2) is 8.78 Å². The molecule has 0 saturated heterocycles. The number of hydrogen-bond donors (Lipinski definition) is 0. The van der Waals surface area contributed by atoms with Crippen molar-refractivity contribution in [3.63, 3.8) is 0 Å². The molecule has 0 amide bonds.